The number of hydrogen-bond acceptors (Lipinski definition) is 6. The number of hydrogen-bond donors (Lipinski definition) is 0. The molecule has 0 unspecified atom stereocenters. The van der Waals surface area contributed by atoms with Gasteiger partial charge in [-0.05, 0) is 55.3 Å². The largest absolute Gasteiger partial charge is 0.465 e. The highest BCUT2D eigenvalue weighted by Crippen LogP contribution is 2.31. The molecule has 1 fully saturated rings. The van der Waals surface area contributed by atoms with E-state index in [0.29, 0.717) is 11.1 Å². The van der Waals surface area contributed by atoms with Gasteiger partial charge in [0.05, 0.1) is 29.4 Å². The number of methoxy groups -OCH3 is 1. The third-order valence-electron chi connectivity index (χ3n) is 5.58. The Labute approximate surface area is 173 Å². The molecule has 0 N–H and O–H groups in total. The molecule has 0 radical (unpaired) electrons. The number of imide groups is 1. The molecule has 4 rings (SSSR count). The van der Waals surface area contributed by atoms with Crippen molar-refractivity contribution in [3.05, 3.63) is 64.7 Å². The van der Waals surface area contributed by atoms with E-state index in [0.717, 1.165) is 32.1 Å². The molecular formula is C23H21NO6. The summed E-state index contributed by atoms with van der Waals surface area (Å²) in [5.74, 6) is -1.53. The van der Waals surface area contributed by atoms with Crippen LogP contribution in [0, 0.1) is 0 Å². The first-order chi connectivity index (χ1) is 14.5. The molecule has 30 heavy (non-hydrogen) atoms. The molecule has 0 saturated heterocycles. The van der Waals surface area contributed by atoms with E-state index < -0.39 is 11.9 Å². The predicted octanol–water partition coefficient (Wildman–Crippen LogP) is 3.62. The van der Waals surface area contributed by atoms with Gasteiger partial charge in [-0.3, -0.25) is 14.5 Å². The summed E-state index contributed by atoms with van der Waals surface area (Å²) in [4.78, 5) is 51.0. The van der Waals surface area contributed by atoms with Gasteiger partial charge in [0.1, 0.15) is 5.75 Å². The summed E-state index contributed by atoms with van der Waals surface area (Å²) in [5, 5.41) is 0. The summed E-state index contributed by atoms with van der Waals surface area (Å²) >= 11 is 0. The number of esters is 2. The molecule has 2 aromatic carbocycles. The van der Waals surface area contributed by atoms with Crippen LogP contribution in [0.4, 0.5) is 0 Å². The van der Waals surface area contributed by atoms with Gasteiger partial charge in [-0.25, -0.2) is 9.59 Å². The van der Waals surface area contributed by atoms with Crippen molar-refractivity contribution in [3.63, 3.8) is 0 Å². The molecular weight excluding hydrogens is 386 g/mol. The van der Waals surface area contributed by atoms with Crippen molar-refractivity contribution >= 4 is 23.8 Å². The van der Waals surface area contributed by atoms with Crippen LogP contribution in [0.3, 0.4) is 0 Å². The number of fused-ring (bicyclic) bond motifs is 1. The fraction of sp³-hybridized carbons (Fsp3) is 0.304. The average molecular weight is 407 g/mol. The number of nitrogens with zero attached hydrogens (tertiary/aromatic N) is 1. The minimum absolute atomic E-state index is 0.0742. The Hall–Kier alpha value is -3.48. The highest BCUT2D eigenvalue weighted by Gasteiger charge is 2.40. The van der Waals surface area contributed by atoms with E-state index in [-0.39, 0.29) is 34.7 Å². The second-order valence-corrected chi connectivity index (χ2v) is 7.44. The van der Waals surface area contributed by atoms with Crippen LogP contribution in [0.25, 0.3) is 0 Å². The van der Waals surface area contributed by atoms with E-state index in [1.54, 1.807) is 0 Å². The molecule has 1 saturated carbocycles. The molecule has 2 aliphatic rings. The molecule has 154 valence electrons. The Balaban J connectivity index is 1.51. The van der Waals surface area contributed by atoms with E-state index in [2.05, 4.69) is 4.74 Å². The molecule has 7 nitrogen and oxygen atoms in total. The smallest absolute Gasteiger partial charge is 0.343 e. The number of benzene rings is 2. The van der Waals surface area contributed by atoms with E-state index in [4.69, 9.17) is 4.74 Å². The quantitative estimate of drug-likeness (QED) is 0.437. The van der Waals surface area contributed by atoms with Crippen molar-refractivity contribution in [2.24, 2.45) is 0 Å². The van der Waals surface area contributed by atoms with Crippen LogP contribution in [0.5, 0.6) is 5.75 Å². The van der Waals surface area contributed by atoms with E-state index in [9.17, 15) is 19.2 Å². The summed E-state index contributed by atoms with van der Waals surface area (Å²) in [7, 11) is 1.28. The van der Waals surface area contributed by atoms with Crippen LogP contribution >= 0.6 is 0 Å². The average Bonchev–Trinajstić information content (AvgIpc) is 3.03. The summed E-state index contributed by atoms with van der Waals surface area (Å²) in [6, 6.07) is 10.3. The maximum absolute atomic E-state index is 12.9. The van der Waals surface area contributed by atoms with Gasteiger partial charge in [0.2, 0.25) is 0 Å². The van der Waals surface area contributed by atoms with E-state index >= 15 is 0 Å². The van der Waals surface area contributed by atoms with Gasteiger partial charge in [-0.15, -0.1) is 0 Å². The summed E-state index contributed by atoms with van der Waals surface area (Å²) in [6.45, 7) is 0. The van der Waals surface area contributed by atoms with Crippen LogP contribution in [0.15, 0.2) is 42.5 Å². The van der Waals surface area contributed by atoms with Crippen LogP contribution < -0.4 is 4.74 Å². The lowest BCUT2D eigenvalue weighted by Gasteiger charge is -2.29. The molecule has 1 heterocycles. The van der Waals surface area contributed by atoms with Gasteiger partial charge in [-0.1, -0.05) is 19.3 Å². The molecule has 2 amide bonds. The van der Waals surface area contributed by atoms with Crippen molar-refractivity contribution in [2.45, 2.75) is 38.1 Å². The van der Waals surface area contributed by atoms with Gasteiger partial charge in [0.25, 0.3) is 11.8 Å². The topological polar surface area (TPSA) is 90.0 Å². The second-order valence-electron chi connectivity index (χ2n) is 7.44. The normalized spacial score (nSPS) is 16.4. The van der Waals surface area contributed by atoms with Crippen molar-refractivity contribution in [2.75, 3.05) is 7.11 Å². The maximum atomic E-state index is 12.9. The third kappa shape index (κ3) is 3.58. The highest BCUT2D eigenvalue weighted by atomic mass is 16.5. The van der Waals surface area contributed by atoms with Gasteiger partial charge in [0, 0.05) is 6.04 Å². The molecule has 2 aromatic rings. The molecule has 7 heteroatoms. The van der Waals surface area contributed by atoms with Crippen LogP contribution in [0.1, 0.15) is 73.5 Å². The summed E-state index contributed by atoms with van der Waals surface area (Å²) < 4.78 is 9.96. The molecule has 0 spiro atoms. The van der Waals surface area contributed by atoms with Crippen molar-refractivity contribution in [1.29, 1.82) is 0 Å². The number of amides is 2. The number of rotatable bonds is 4. The standard InChI is InChI=1S/C23H21NO6/c1-29-22(27)14-7-10-17(11-8-14)30-23(28)15-9-12-18-19(13-15)21(26)24(20(18)25)16-5-3-2-4-6-16/h7-13,16H,2-6H2,1H3. The predicted molar refractivity (Wildman–Crippen MR) is 107 cm³/mol. The number of carbonyl (C=O) groups is 4. The maximum Gasteiger partial charge on any atom is 0.343 e. The Kier molecular flexibility index (Phi) is 5.35. The third-order valence-corrected chi connectivity index (χ3v) is 5.58. The monoisotopic (exact) mass is 407 g/mol. The van der Waals surface area contributed by atoms with Crippen molar-refractivity contribution < 1.29 is 28.7 Å². The Bertz CT molecular complexity index is 1020. The molecule has 0 atom stereocenters. The second kappa shape index (κ2) is 8.10. The van der Waals surface area contributed by atoms with Gasteiger partial charge >= 0.3 is 11.9 Å². The first kappa shape index (κ1) is 19.8. The molecule has 0 bridgehead atoms. The molecule has 1 aliphatic heterocycles. The SMILES string of the molecule is COC(=O)c1ccc(OC(=O)c2ccc3c(c2)C(=O)N(C2CCCCC2)C3=O)cc1. The summed E-state index contributed by atoms with van der Waals surface area (Å²) in [6.07, 6.45) is 4.77. The molecule has 1 aliphatic carbocycles. The zero-order chi connectivity index (χ0) is 21.3. The highest BCUT2D eigenvalue weighted by molar-refractivity contribution is 6.22. The van der Waals surface area contributed by atoms with Gasteiger partial charge < -0.3 is 9.47 Å². The van der Waals surface area contributed by atoms with Crippen molar-refractivity contribution in [3.8, 4) is 5.75 Å². The Morgan fingerprint density at radius 2 is 1.47 bits per heavy atom. The fourth-order valence-corrected chi connectivity index (χ4v) is 4.00. The Morgan fingerprint density at radius 1 is 0.833 bits per heavy atom. The minimum Gasteiger partial charge on any atom is -0.465 e. The number of ether oxygens (including phenoxy) is 2. The van der Waals surface area contributed by atoms with E-state index in [1.165, 1.54) is 54.5 Å². The zero-order valence-electron chi connectivity index (χ0n) is 16.6. The van der Waals surface area contributed by atoms with Crippen LogP contribution in [-0.2, 0) is 4.74 Å². The Morgan fingerprint density at radius 3 is 2.13 bits per heavy atom. The number of carbonyl (C=O) groups excluding carboxylic acids is 4. The zero-order valence-corrected chi connectivity index (χ0v) is 16.6. The summed E-state index contributed by atoms with van der Waals surface area (Å²) in [5.41, 5.74) is 1.07. The van der Waals surface area contributed by atoms with Crippen LogP contribution in [0.2, 0.25) is 0 Å². The van der Waals surface area contributed by atoms with Gasteiger partial charge in [0.15, 0.2) is 0 Å². The molecule has 0 aromatic heterocycles. The lowest BCUT2D eigenvalue weighted by atomic mass is 9.94. The van der Waals surface area contributed by atoms with Crippen LogP contribution in [-0.4, -0.2) is 41.8 Å². The fourth-order valence-electron chi connectivity index (χ4n) is 4.00. The van der Waals surface area contributed by atoms with E-state index in [1.807, 2.05) is 0 Å². The first-order valence-electron chi connectivity index (χ1n) is 9.92. The lowest BCUT2D eigenvalue weighted by Crippen LogP contribution is -2.40. The lowest BCUT2D eigenvalue weighted by molar-refractivity contribution is 0.0546. The minimum atomic E-state index is -0.653. The van der Waals surface area contributed by atoms with Crippen molar-refractivity contribution in [1.82, 2.24) is 4.90 Å². The van der Waals surface area contributed by atoms with Gasteiger partial charge in [-0.2, -0.15) is 0 Å². The first-order valence-corrected chi connectivity index (χ1v) is 9.92.